The van der Waals surface area contributed by atoms with Crippen LogP contribution in [-0.4, -0.2) is 19.9 Å². The van der Waals surface area contributed by atoms with Crippen LogP contribution in [0.2, 0.25) is 0 Å². The van der Waals surface area contributed by atoms with Crippen LogP contribution in [0.5, 0.6) is 0 Å². The van der Waals surface area contributed by atoms with Crippen LogP contribution >= 0.6 is 11.3 Å². The van der Waals surface area contributed by atoms with Crippen molar-refractivity contribution in [2.45, 2.75) is 31.6 Å². The second-order valence-corrected chi connectivity index (χ2v) is 9.47. The van der Waals surface area contributed by atoms with Crippen LogP contribution in [0.25, 0.3) is 0 Å². The fourth-order valence-electron chi connectivity index (χ4n) is 3.29. The lowest BCUT2D eigenvalue weighted by molar-refractivity contribution is 0.565. The number of sulfonamides is 1. The normalized spacial score (nSPS) is 22.8. The van der Waals surface area contributed by atoms with Crippen LogP contribution in [0.3, 0.4) is 0 Å². The Morgan fingerprint density at radius 3 is 2.48 bits per heavy atom. The van der Waals surface area contributed by atoms with Crippen molar-refractivity contribution >= 4 is 26.5 Å². The van der Waals surface area contributed by atoms with Crippen molar-refractivity contribution in [2.75, 3.05) is 11.9 Å². The van der Waals surface area contributed by atoms with Gasteiger partial charge in [-0.1, -0.05) is 26.0 Å². The SMILES string of the molecule is Cc1cnc(NCC2C(c3ccc(S(N)(=O)=O)cc3)C2(C)C)s1. The van der Waals surface area contributed by atoms with Crippen molar-refractivity contribution in [2.24, 2.45) is 16.5 Å². The molecule has 0 aliphatic heterocycles. The Hall–Kier alpha value is -1.44. The maximum absolute atomic E-state index is 11.3. The summed E-state index contributed by atoms with van der Waals surface area (Å²) >= 11 is 1.66. The van der Waals surface area contributed by atoms with Gasteiger partial charge in [0.25, 0.3) is 0 Å². The van der Waals surface area contributed by atoms with Crippen LogP contribution in [0.4, 0.5) is 5.13 Å². The number of benzene rings is 1. The molecule has 3 rings (SSSR count). The number of hydrogen-bond acceptors (Lipinski definition) is 5. The van der Waals surface area contributed by atoms with Gasteiger partial charge >= 0.3 is 0 Å². The molecule has 0 bridgehead atoms. The molecule has 5 nitrogen and oxygen atoms in total. The molecule has 7 heteroatoms. The minimum absolute atomic E-state index is 0.160. The summed E-state index contributed by atoms with van der Waals surface area (Å²) in [7, 11) is -3.63. The second kappa shape index (κ2) is 5.58. The summed E-state index contributed by atoms with van der Waals surface area (Å²) in [5.74, 6) is 0.901. The maximum atomic E-state index is 11.3. The number of hydrogen-bond donors (Lipinski definition) is 2. The Morgan fingerprint density at radius 1 is 1.30 bits per heavy atom. The van der Waals surface area contributed by atoms with Gasteiger partial charge in [0.15, 0.2) is 5.13 Å². The number of aryl methyl sites for hydroxylation is 1. The Kier molecular flexibility index (Phi) is 3.98. The summed E-state index contributed by atoms with van der Waals surface area (Å²) in [5.41, 5.74) is 1.34. The molecule has 1 aliphatic carbocycles. The van der Waals surface area contributed by atoms with Gasteiger partial charge in [-0.3, -0.25) is 0 Å². The fraction of sp³-hybridized carbons (Fsp3) is 0.438. The van der Waals surface area contributed by atoms with Gasteiger partial charge < -0.3 is 5.32 Å². The number of nitrogens with one attached hydrogen (secondary N) is 1. The largest absolute Gasteiger partial charge is 0.361 e. The van der Waals surface area contributed by atoms with Gasteiger partial charge in [0.1, 0.15) is 0 Å². The number of thiazole rings is 1. The third kappa shape index (κ3) is 3.27. The number of primary sulfonamides is 1. The first-order valence-electron chi connectivity index (χ1n) is 7.48. The highest BCUT2D eigenvalue weighted by Crippen LogP contribution is 2.64. The Labute approximate surface area is 141 Å². The van der Waals surface area contributed by atoms with Gasteiger partial charge in [-0.2, -0.15) is 0 Å². The van der Waals surface area contributed by atoms with E-state index in [1.54, 1.807) is 23.5 Å². The fourth-order valence-corrected chi connectivity index (χ4v) is 4.47. The molecule has 1 aliphatic rings. The van der Waals surface area contributed by atoms with Gasteiger partial charge in [0.05, 0.1) is 4.90 Å². The first-order chi connectivity index (χ1) is 10.7. The lowest BCUT2D eigenvalue weighted by Gasteiger charge is -2.04. The van der Waals surface area contributed by atoms with E-state index in [1.165, 1.54) is 4.88 Å². The third-order valence-electron chi connectivity index (χ3n) is 4.71. The molecule has 0 saturated heterocycles. The molecular formula is C16H21N3O2S2. The summed E-state index contributed by atoms with van der Waals surface area (Å²) < 4.78 is 22.7. The van der Waals surface area contributed by atoms with E-state index >= 15 is 0 Å². The minimum atomic E-state index is -3.63. The van der Waals surface area contributed by atoms with Crippen molar-refractivity contribution in [3.8, 4) is 0 Å². The lowest BCUT2D eigenvalue weighted by Crippen LogP contribution is -2.11. The Bertz CT molecular complexity index is 810. The average molecular weight is 351 g/mol. The van der Waals surface area contributed by atoms with Crippen LogP contribution < -0.4 is 10.5 Å². The van der Waals surface area contributed by atoms with E-state index in [9.17, 15) is 8.42 Å². The smallest absolute Gasteiger partial charge is 0.238 e. The Morgan fingerprint density at radius 2 is 1.96 bits per heavy atom. The number of aromatic nitrogens is 1. The van der Waals surface area contributed by atoms with Crippen molar-refractivity contribution in [3.05, 3.63) is 40.9 Å². The molecule has 1 aromatic carbocycles. The second-order valence-electron chi connectivity index (χ2n) is 6.68. The quantitative estimate of drug-likeness (QED) is 0.867. The highest BCUT2D eigenvalue weighted by atomic mass is 32.2. The molecule has 2 unspecified atom stereocenters. The van der Waals surface area contributed by atoms with Gasteiger partial charge in [-0.05, 0) is 41.9 Å². The molecule has 124 valence electrons. The average Bonchev–Trinajstić information content (AvgIpc) is 2.77. The molecule has 0 radical (unpaired) electrons. The first-order valence-corrected chi connectivity index (χ1v) is 9.85. The molecule has 2 aromatic rings. The van der Waals surface area contributed by atoms with Gasteiger partial charge in [0.2, 0.25) is 10.0 Å². The summed E-state index contributed by atoms with van der Waals surface area (Å²) in [5, 5.41) is 9.51. The number of nitrogens with two attached hydrogens (primary N) is 1. The van der Waals surface area contributed by atoms with E-state index in [2.05, 4.69) is 24.1 Å². The van der Waals surface area contributed by atoms with E-state index in [0.29, 0.717) is 11.8 Å². The summed E-state index contributed by atoms with van der Waals surface area (Å²) in [4.78, 5) is 5.68. The zero-order valence-corrected chi connectivity index (χ0v) is 15.0. The summed E-state index contributed by atoms with van der Waals surface area (Å²) in [6.07, 6.45) is 1.87. The standard InChI is InChI=1S/C16H21N3O2S2/c1-10-8-18-15(22-10)19-9-13-14(16(13,2)3)11-4-6-12(7-5-11)23(17,20)21/h4-8,13-14H,9H2,1-3H3,(H,18,19)(H2,17,20,21). The predicted octanol–water partition coefficient (Wildman–Crippen LogP) is 2.95. The summed E-state index contributed by atoms with van der Waals surface area (Å²) in [6, 6.07) is 6.93. The van der Waals surface area contributed by atoms with Gasteiger partial charge in [-0.25, -0.2) is 18.5 Å². The van der Waals surface area contributed by atoms with E-state index in [4.69, 9.17) is 5.14 Å². The Balaban J connectivity index is 1.70. The number of nitrogens with zero attached hydrogens (tertiary/aromatic N) is 1. The third-order valence-corrected chi connectivity index (χ3v) is 6.51. The highest BCUT2D eigenvalue weighted by molar-refractivity contribution is 7.89. The molecule has 2 atom stereocenters. The van der Waals surface area contributed by atoms with Gasteiger partial charge in [-0.15, -0.1) is 11.3 Å². The molecule has 1 heterocycles. The molecular weight excluding hydrogens is 330 g/mol. The molecule has 23 heavy (non-hydrogen) atoms. The monoisotopic (exact) mass is 351 g/mol. The predicted molar refractivity (Wildman–Crippen MR) is 93.2 cm³/mol. The minimum Gasteiger partial charge on any atom is -0.361 e. The van der Waals surface area contributed by atoms with Crippen molar-refractivity contribution < 1.29 is 8.42 Å². The van der Waals surface area contributed by atoms with Crippen molar-refractivity contribution in [1.29, 1.82) is 0 Å². The van der Waals surface area contributed by atoms with Crippen molar-refractivity contribution in [1.82, 2.24) is 4.98 Å². The van der Waals surface area contributed by atoms with E-state index in [0.717, 1.165) is 17.2 Å². The van der Waals surface area contributed by atoms with Crippen LogP contribution in [-0.2, 0) is 10.0 Å². The summed E-state index contributed by atoms with van der Waals surface area (Å²) in [6.45, 7) is 7.39. The molecule has 3 N–H and O–H groups in total. The van der Waals surface area contributed by atoms with Crippen molar-refractivity contribution in [3.63, 3.8) is 0 Å². The van der Waals surface area contributed by atoms with Crippen LogP contribution in [0.1, 0.15) is 30.2 Å². The zero-order chi connectivity index (χ0) is 16.8. The van der Waals surface area contributed by atoms with E-state index in [-0.39, 0.29) is 10.3 Å². The molecule has 0 spiro atoms. The number of anilines is 1. The van der Waals surface area contributed by atoms with Crippen LogP contribution in [0.15, 0.2) is 35.4 Å². The molecule has 1 fully saturated rings. The van der Waals surface area contributed by atoms with Crippen LogP contribution in [0, 0.1) is 18.3 Å². The first kappa shape index (κ1) is 16.4. The molecule has 0 amide bonds. The molecule has 1 aromatic heterocycles. The van der Waals surface area contributed by atoms with E-state index in [1.807, 2.05) is 25.3 Å². The maximum Gasteiger partial charge on any atom is 0.238 e. The topological polar surface area (TPSA) is 85.1 Å². The van der Waals surface area contributed by atoms with Gasteiger partial charge in [0, 0.05) is 17.6 Å². The highest BCUT2D eigenvalue weighted by Gasteiger charge is 2.57. The lowest BCUT2D eigenvalue weighted by atomic mass is 10.0. The van der Waals surface area contributed by atoms with E-state index < -0.39 is 10.0 Å². The molecule has 1 saturated carbocycles. The number of rotatable bonds is 5. The zero-order valence-electron chi connectivity index (χ0n) is 13.4.